The maximum absolute atomic E-state index is 13.7. The molecule has 0 radical (unpaired) electrons. The molecule has 1 aromatic carbocycles. The van der Waals surface area contributed by atoms with Crippen LogP contribution in [0.1, 0.15) is 57.4 Å². The van der Waals surface area contributed by atoms with Crippen molar-refractivity contribution in [3.8, 4) is 11.8 Å². The maximum atomic E-state index is 13.7. The molecule has 0 aliphatic heterocycles. The van der Waals surface area contributed by atoms with E-state index in [-0.39, 0.29) is 17.9 Å². The Hall–Kier alpha value is -2.51. The number of alkyl halides is 3. The zero-order valence-corrected chi connectivity index (χ0v) is 17.4. The van der Waals surface area contributed by atoms with Gasteiger partial charge in [-0.05, 0) is 44.2 Å². The third-order valence-corrected chi connectivity index (χ3v) is 5.18. The fraction of sp³-hybridized carbons (Fsp3) is 0.545. The number of hydrogen-bond donors (Lipinski definition) is 0. The minimum atomic E-state index is -4.59. The van der Waals surface area contributed by atoms with Crippen LogP contribution in [0, 0.1) is 0 Å². The van der Waals surface area contributed by atoms with Gasteiger partial charge in [0.15, 0.2) is 5.82 Å². The SMILES string of the molecule is CCCCOc1ccccc1N(C)c1nc(OC2CCCCC2)ncc1C(F)(F)F. The van der Waals surface area contributed by atoms with Crippen LogP contribution >= 0.6 is 0 Å². The first-order valence-corrected chi connectivity index (χ1v) is 10.5. The molecule has 8 heteroatoms. The van der Waals surface area contributed by atoms with Crippen molar-refractivity contribution in [1.29, 1.82) is 0 Å². The van der Waals surface area contributed by atoms with Gasteiger partial charge >= 0.3 is 12.2 Å². The van der Waals surface area contributed by atoms with Gasteiger partial charge in [0.25, 0.3) is 0 Å². The molecule has 5 nitrogen and oxygen atoms in total. The fourth-order valence-electron chi connectivity index (χ4n) is 3.50. The Kier molecular flexibility index (Phi) is 7.39. The Morgan fingerprint density at radius 2 is 1.87 bits per heavy atom. The zero-order valence-electron chi connectivity index (χ0n) is 17.4. The molecule has 0 spiro atoms. The summed E-state index contributed by atoms with van der Waals surface area (Å²) in [6.45, 7) is 2.54. The van der Waals surface area contributed by atoms with E-state index in [9.17, 15) is 13.2 Å². The predicted octanol–water partition coefficient (Wildman–Crippen LogP) is 6.15. The topological polar surface area (TPSA) is 47.5 Å². The van der Waals surface area contributed by atoms with Gasteiger partial charge in [0, 0.05) is 13.2 Å². The van der Waals surface area contributed by atoms with Crippen LogP contribution < -0.4 is 14.4 Å². The molecule has 0 saturated heterocycles. The molecule has 164 valence electrons. The molecule has 0 amide bonds. The van der Waals surface area contributed by atoms with Crippen molar-refractivity contribution >= 4 is 11.5 Å². The van der Waals surface area contributed by atoms with Gasteiger partial charge in [-0.25, -0.2) is 4.98 Å². The van der Waals surface area contributed by atoms with Crippen molar-refractivity contribution in [3.63, 3.8) is 0 Å². The van der Waals surface area contributed by atoms with E-state index in [2.05, 4.69) is 9.97 Å². The lowest BCUT2D eigenvalue weighted by atomic mass is 9.98. The molecule has 30 heavy (non-hydrogen) atoms. The second-order valence-corrected chi connectivity index (χ2v) is 7.49. The average molecular weight is 423 g/mol. The van der Waals surface area contributed by atoms with Gasteiger partial charge in [0.2, 0.25) is 0 Å². The minimum Gasteiger partial charge on any atom is -0.491 e. The van der Waals surface area contributed by atoms with Crippen LogP contribution in [0.3, 0.4) is 0 Å². The van der Waals surface area contributed by atoms with Crippen LogP contribution in [-0.4, -0.2) is 29.7 Å². The highest BCUT2D eigenvalue weighted by atomic mass is 19.4. The number of nitrogens with zero attached hydrogens (tertiary/aromatic N) is 3. The largest absolute Gasteiger partial charge is 0.491 e. The molecule has 0 atom stereocenters. The molecule has 0 N–H and O–H groups in total. The summed E-state index contributed by atoms with van der Waals surface area (Å²) in [6, 6.07) is 6.98. The molecule has 0 bridgehead atoms. The van der Waals surface area contributed by atoms with Gasteiger partial charge in [-0.2, -0.15) is 18.2 Å². The van der Waals surface area contributed by atoms with Crippen molar-refractivity contribution in [2.45, 2.75) is 64.1 Å². The van der Waals surface area contributed by atoms with E-state index < -0.39 is 11.7 Å². The molecule has 0 unspecified atom stereocenters. The predicted molar refractivity (Wildman–Crippen MR) is 109 cm³/mol. The number of hydrogen-bond acceptors (Lipinski definition) is 5. The van der Waals surface area contributed by atoms with Gasteiger partial charge in [0.05, 0.1) is 12.3 Å². The third kappa shape index (κ3) is 5.55. The number of unbranched alkanes of at least 4 members (excludes halogenated alkanes) is 1. The lowest BCUT2D eigenvalue weighted by Crippen LogP contribution is -2.23. The first kappa shape index (κ1) is 22.2. The molecule has 1 fully saturated rings. The van der Waals surface area contributed by atoms with E-state index in [0.29, 0.717) is 18.0 Å². The Morgan fingerprint density at radius 1 is 1.13 bits per heavy atom. The maximum Gasteiger partial charge on any atom is 0.421 e. The number of halogens is 3. The van der Waals surface area contributed by atoms with Crippen molar-refractivity contribution in [1.82, 2.24) is 9.97 Å². The smallest absolute Gasteiger partial charge is 0.421 e. The normalized spacial score (nSPS) is 15.1. The summed E-state index contributed by atoms with van der Waals surface area (Å²) in [5.41, 5.74) is -0.411. The van der Waals surface area contributed by atoms with Crippen molar-refractivity contribution < 1.29 is 22.6 Å². The summed E-state index contributed by atoms with van der Waals surface area (Å²) in [5.74, 6) is 0.254. The second kappa shape index (κ2) is 10.00. The molecule has 1 aliphatic carbocycles. The first-order valence-electron chi connectivity index (χ1n) is 10.5. The molecular formula is C22H28F3N3O2. The van der Waals surface area contributed by atoms with Crippen LogP contribution in [0.5, 0.6) is 11.8 Å². The van der Waals surface area contributed by atoms with Crippen LogP contribution in [-0.2, 0) is 6.18 Å². The van der Waals surface area contributed by atoms with Crippen molar-refractivity contribution in [2.75, 3.05) is 18.6 Å². The van der Waals surface area contributed by atoms with Gasteiger partial charge in [-0.1, -0.05) is 31.9 Å². The lowest BCUT2D eigenvalue weighted by Gasteiger charge is -2.26. The molecule has 1 heterocycles. The van der Waals surface area contributed by atoms with Gasteiger partial charge in [-0.3, -0.25) is 0 Å². The van der Waals surface area contributed by atoms with Crippen LogP contribution in [0.2, 0.25) is 0 Å². The second-order valence-electron chi connectivity index (χ2n) is 7.49. The average Bonchev–Trinajstić information content (AvgIpc) is 2.74. The van der Waals surface area contributed by atoms with Crippen LogP contribution in [0.15, 0.2) is 30.5 Å². The lowest BCUT2D eigenvalue weighted by molar-refractivity contribution is -0.137. The first-order chi connectivity index (χ1) is 14.4. The molecule has 1 aromatic heterocycles. The summed E-state index contributed by atoms with van der Waals surface area (Å²) >= 11 is 0. The van der Waals surface area contributed by atoms with Gasteiger partial charge in [0.1, 0.15) is 17.4 Å². The van der Waals surface area contributed by atoms with E-state index in [4.69, 9.17) is 9.47 Å². The fourth-order valence-corrected chi connectivity index (χ4v) is 3.50. The van der Waals surface area contributed by atoms with E-state index >= 15 is 0 Å². The zero-order chi connectivity index (χ0) is 21.6. The number of anilines is 2. The standard InChI is InChI=1S/C22H28F3N3O2/c1-3-4-14-29-19-13-9-8-12-18(19)28(2)20-17(22(23,24)25)15-26-21(27-20)30-16-10-6-5-7-11-16/h8-9,12-13,15-16H,3-7,10-11,14H2,1-2H3. The van der Waals surface area contributed by atoms with E-state index in [0.717, 1.165) is 51.1 Å². The third-order valence-electron chi connectivity index (χ3n) is 5.18. The minimum absolute atomic E-state index is 0.0267. The highest BCUT2D eigenvalue weighted by Gasteiger charge is 2.37. The van der Waals surface area contributed by atoms with E-state index in [1.54, 1.807) is 31.3 Å². The Morgan fingerprint density at radius 3 is 2.57 bits per heavy atom. The van der Waals surface area contributed by atoms with E-state index in [1.165, 1.54) is 4.90 Å². The number of aromatic nitrogens is 2. The number of rotatable bonds is 8. The van der Waals surface area contributed by atoms with Crippen molar-refractivity contribution in [3.05, 3.63) is 36.0 Å². The van der Waals surface area contributed by atoms with E-state index in [1.807, 2.05) is 6.92 Å². The molecule has 1 saturated carbocycles. The Labute approximate surface area is 175 Å². The summed E-state index contributed by atoms with van der Waals surface area (Å²) in [4.78, 5) is 9.40. The van der Waals surface area contributed by atoms with Gasteiger partial charge in [-0.15, -0.1) is 0 Å². The highest BCUT2D eigenvalue weighted by Crippen LogP contribution is 2.40. The summed E-state index contributed by atoms with van der Waals surface area (Å²) < 4.78 is 52.7. The summed E-state index contributed by atoms with van der Waals surface area (Å²) in [5, 5.41) is 0. The molecule has 1 aliphatic rings. The molecule has 2 aromatic rings. The van der Waals surface area contributed by atoms with Crippen molar-refractivity contribution in [2.24, 2.45) is 0 Å². The Balaban J connectivity index is 1.93. The molecular weight excluding hydrogens is 395 g/mol. The van der Waals surface area contributed by atoms with Crippen LogP contribution in [0.4, 0.5) is 24.7 Å². The van der Waals surface area contributed by atoms with Crippen LogP contribution in [0.25, 0.3) is 0 Å². The quantitative estimate of drug-likeness (QED) is 0.476. The summed E-state index contributed by atoms with van der Waals surface area (Å²) in [6.07, 6.45) is 2.94. The number of benzene rings is 1. The van der Waals surface area contributed by atoms with Gasteiger partial charge < -0.3 is 14.4 Å². The number of ether oxygens (including phenoxy) is 2. The summed E-state index contributed by atoms with van der Waals surface area (Å²) in [7, 11) is 1.55. The molecule has 3 rings (SSSR count). The number of para-hydroxylation sites is 2. The highest BCUT2D eigenvalue weighted by molar-refractivity contribution is 5.68. The Bertz CT molecular complexity index is 824. The monoisotopic (exact) mass is 423 g/mol.